The topological polar surface area (TPSA) is 23.5 Å². The first-order chi connectivity index (χ1) is 10.2. The van der Waals surface area contributed by atoms with E-state index in [0.29, 0.717) is 5.92 Å². The van der Waals surface area contributed by atoms with Crippen molar-refractivity contribution in [3.05, 3.63) is 0 Å². The molecule has 2 atom stereocenters. The molecule has 3 heteroatoms. The van der Waals surface area contributed by atoms with Crippen LogP contribution < -0.4 is 0 Å². The van der Waals surface area contributed by atoms with Gasteiger partial charge in [0.1, 0.15) is 0 Å². The molecule has 1 saturated carbocycles. The number of alkyl halides is 1. The van der Waals surface area contributed by atoms with Gasteiger partial charge in [0, 0.05) is 24.3 Å². The van der Waals surface area contributed by atoms with Crippen LogP contribution in [0.2, 0.25) is 0 Å². The van der Waals surface area contributed by atoms with Crippen LogP contribution in [0.15, 0.2) is 0 Å². The van der Waals surface area contributed by atoms with Crippen molar-refractivity contribution in [3.63, 3.8) is 0 Å². The van der Waals surface area contributed by atoms with Crippen molar-refractivity contribution in [1.29, 1.82) is 0 Å². The first-order valence-corrected chi connectivity index (χ1v) is 10.4. The van der Waals surface area contributed by atoms with Gasteiger partial charge in [0.05, 0.1) is 5.60 Å². The molecule has 0 aromatic heterocycles. The predicted molar refractivity (Wildman–Crippen MR) is 94.1 cm³/mol. The van der Waals surface area contributed by atoms with Gasteiger partial charge >= 0.3 is 0 Å². The van der Waals surface area contributed by atoms with E-state index in [2.05, 4.69) is 20.8 Å². The van der Waals surface area contributed by atoms with Gasteiger partial charge < -0.3 is 10.0 Å². The van der Waals surface area contributed by atoms with Gasteiger partial charge in [-0.2, -0.15) is 0 Å². The predicted octanol–water partition coefficient (Wildman–Crippen LogP) is 4.74. The van der Waals surface area contributed by atoms with Crippen LogP contribution in [0, 0.1) is 5.92 Å². The quantitative estimate of drug-likeness (QED) is 0.474. The standard InChI is InChI=1S/C18H34BrNO/c19-13-8-4-2-1-3-5-9-14-20-15-12-18(21)11-7-6-10-17(18)16-20/h17,21H,1-16H2. The summed E-state index contributed by atoms with van der Waals surface area (Å²) in [6, 6.07) is 0. The molecule has 124 valence electrons. The highest BCUT2D eigenvalue weighted by atomic mass is 79.9. The Morgan fingerprint density at radius 2 is 1.67 bits per heavy atom. The minimum absolute atomic E-state index is 0.301. The lowest BCUT2D eigenvalue weighted by Gasteiger charge is -2.47. The highest BCUT2D eigenvalue weighted by Crippen LogP contribution is 2.39. The summed E-state index contributed by atoms with van der Waals surface area (Å²) in [7, 11) is 0. The minimum atomic E-state index is -0.301. The normalized spacial score (nSPS) is 30.3. The smallest absolute Gasteiger partial charge is 0.0700 e. The number of fused-ring (bicyclic) bond motifs is 1. The van der Waals surface area contributed by atoms with Gasteiger partial charge in [-0.3, -0.25) is 0 Å². The fourth-order valence-electron chi connectivity index (χ4n) is 4.16. The molecule has 1 heterocycles. The highest BCUT2D eigenvalue weighted by molar-refractivity contribution is 9.09. The van der Waals surface area contributed by atoms with Crippen molar-refractivity contribution in [2.45, 2.75) is 82.7 Å². The van der Waals surface area contributed by atoms with Crippen molar-refractivity contribution < 1.29 is 5.11 Å². The summed E-state index contributed by atoms with van der Waals surface area (Å²) in [6.07, 6.45) is 15.6. The Hall–Kier alpha value is 0.400. The van der Waals surface area contributed by atoms with E-state index < -0.39 is 0 Å². The summed E-state index contributed by atoms with van der Waals surface area (Å²) < 4.78 is 0. The number of hydrogen-bond donors (Lipinski definition) is 1. The summed E-state index contributed by atoms with van der Waals surface area (Å²) in [4.78, 5) is 2.62. The molecular weight excluding hydrogens is 326 g/mol. The van der Waals surface area contributed by atoms with Crippen molar-refractivity contribution in [2.75, 3.05) is 25.0 Å². The monoisotopic (exact) mass is 359 g/mol. The Labute approximate surface area is 139 Å². The molecule has 2 rings (SSSR count). The molecule has 0 aromatic carbocycles. The summed E-state index contributed by atoms with van der Waals surface area (Å²) in [5, 5.41) is 11.9. The SMILES string of the molecule is OC12CCCCC1CN(CCCCCCCCCBr)CC2. The summed E-state index contributed by atoms with van der Waals surface area (Å²) >= 11 is 3.49. The van der Waals surface area contributed by atoms with Crippen LogP contribution >= 0.6 is 15.9 Å². The van der Waals surface area contributed by atoms with Crippen molar-refractivity contribution >= 4 is 15.9 Å². The Bertz CT molecular complexity index is 286. The lowest BCUT2D eigenvalue weighted by atomic mass is 9.71. The molecule has 2 aliphatic rings. The van der Waals surface area contributed by atoms with Gasteiger partial charge in [-0.05, 0) is 38.6 Å². The largest absolute Gasteiger partial charge is 0.390 e. The minimum Gasteiger partial charge on any atom is -0.390 e. The van der Waals surface area contributed by atoms with Crippen molar-refractivity contribution in [1.82, 2.24) is 4.90 Å². The van der Waals surface area contributed by atoms with Crippen LogP contribution in [-0.2, 0) is 0 Å². The summed E-state index contributed by atoms with van der Waals surface area (Å²) in [6.45, 7) is 3.54. The van der Waals surface area contributed by atoms with E-state index >= 15 is 0 Å². The van der Waals surface area contributed by atoms with E-state index in [1.54, 1.807) is 0 Å². The maximum Gasteiger partial charge on any atom is 0.0700 e. The molecule has 0 radical (unpaired) electrons. The summed E-state index contributed by atoms with van der Waals surface area (Å²) in [5.74, 6) is 0.559. The number of likely N-dealkylation sites (tertiary alicyclic amines) is 1. The van der Waals surface area contributed by atoms with Crippen LogP contribution in [0.25, 0.3) is 0 Å². The first-order valence-electron chi connectivity index (χ1n) is 9.25. The Morgan fingerprint density at radius 1 is 0.952 bits per heavy atom. The van der Waals surface area contributed by atoms with E-state index in [0.717, 1.165) is 31.3 Å². The van der Waals surface area contributed by atoms with E-state index in [1.165, 1.54) is 70.8 Å². The third kappa shape index (κ3) is 5.84. The second kappa shape index (κ2) is 9.52. The second-order valence-electron chi connectivity index (χ2n) is 7.26. The van der Waals surface area contributed by atoms with Crippen LogP contribution in [-0.4, -0.2) is 40.6 Å². The lowest BCUT2D eigenvalue weighted by molar-refractivity contribution is -0.0953. The number of halogens is 1. The fourth-order valence-corrected chi connectivity index (χ4v) is 4.55. The molecule has 21 heavy (non-hydrogen) atoms. The molecule has 0 spiro atoms. The zero-order valence-electron chi connectivity index (χ0n) is 13.7. The van der Waals surface area contributed by atoms with Crippen molar-refractivity contribution in [3.8, 4) is 0 Å². The van der Waals surface area contributed by atoms with Crippen LogP contribution in [0.3, 0.4) is 0 Å². The first kappa shape index (κ1) is 17.7. The number of aliphatic hydroxyl groups is 1. The maximum atomic E-state index is 10.7. The zero-order valence-corrected chi connectivity index (χ0v) is 15.2. The van der Waals surface area contributed by atoms with Gasteiger partial charge in [-0.15, -0.1) is 0 Å². The van der Waals surface area contributed by atoms with Gasteiger partial charge in [0.15, 0.2) is 0 Å². The molecule has 2 nitrogen and oxygen atoms in total. The maximum absolute atomic E-state index is 10.7. The van der Waals surface area contributed by atoms with Crippen LogP contribution in [0.4, 0.5) is 0 Å². The average Bonchev–Trinajstić information content (AvgIpc) is 2.50. The van der Waals surface area contributed by atoms with Crippen LogP contribution in [0.5, 0.6) is 0 Å². The van der Waals surface area contributed by atoms with E-state index in [4.69, 9.17) is 0 Å². The van der Waals surface area contributed by atoms with Gasteiger partial charge in [0.25, 0.3) is 0 Å². The number of unbranched alkanes of at least 4 members (excludes halogenated alkanes) is 6. The average molecular weight is 360 g/mol. The molecular formula is C18H34BrNO. The number of hydrogen-bond acceptors (Lipinski definition) is 2. The Morgan fingerprint density at radius 3 is 2.43 bits per heavy atom. The zero-order chi connectivity index (χ0) is 15.0. The molecule has 1 aliphatic heterocycles. The lowest BCUT2D eigenvalue weighted by Crippen LogP contribution is -2.53. The molecule has 1 aliphatic carbocycles. The third-order valence-electron chi connectivity index (χ3n) is 5.62. The number of nitrogens with zero attached hydrogens (tertiary/aromatic N) is 1. The number of rotatable bonds is 9. The fraction of sp³-hybridized carbons (Fsp3) is 1.00. The molecule has 0 aromatic rings. The molecule has 0 amide bonds. The molecule has 2 fully saturated rings. The second-order valence-corrected chi connectivity index (χ2v) is 8.05. The van der Waals surface area contributed by atoms with E-state index in [1.807, 2.05) is 0 Å². The number of piperidine rings is 1. The highest BCUT2D eigenvalue weighted by Gasteiger charge is 2.42. The van der Waals surface area contributed by atoms with Gasteiger partial charge in [0.2, 0.25) is 0 Å². The molecule has 2 unspecified atom stereocenters. The van der Waals surface area contributed by atoms with Crippen molar-refractivity contribution in [2.24, 2.45) is 5.92 Å². The van der Waals surface area contributed by atoms with Gasteiger partial charge in [-0.1, -0.05) is 60.9 Å². The van der Waals surface area contributed by atoms with Crippen LogP contribution in [0.1, 0.15) is 77.0 Å². The third-order valence-corrected chi connectivity index (χ3v) is 6.18. The molecule has 1 N–H and O–H groups in total. The summed E-state index contributed by atoms with van der Waals surface area (Å²) in [5.41, 5.74) is -0.301. The van der Waals surface area contributed by atoms with Gasteiger partial charge in [-0.25, -0.2) is 0 Å². The molecule has 1 saturated heterocycles. The van der Waals surface area contributed by atoms with E-state index in [-0.39, 0.29) is 5.60 Å². The Kier molecular flexibility index (Phi) is 8.05. The van der Waals surface area contributed by atoms with E-state index in [9.17, 15) is 5.11 Å². The Balaban J connectivity index is 1.52. The molecule has 0 bridgehead atoms.